The standard InChI is InChI=1S/C34H31N/c1-21(2)30-19-23(20-31-25(30)11-8-12-32(31)34(3,4)5)33-29-16-15-26-24-10-7-6-9-22(24)13-14-27(26)28(29)17-18-35-33/h6-21H,1-5H3. The molecule has 1 heteroatoms. The van der Waals surface area contributed by atoms with Crippen molar-refractivity contribution < 1.29 is 0 Å². The highest BCUT2D eigenvalue weighted by Gasteiger charge is 2.20. The van der Waals surface area contributed by atoms with E-state index in [0.717, 1.165) is 5.69 Å². The van der Waals surface area contributed by atoms with Crippen molar-refractivity contribution >= 4 is 43.1 Å². The highest BCUT2D eigenvalue weighted by molar-refractivity contribution is 6.19. The van der Waals surface area contributed by atoms with Gasteiger partial charge in [0, 0.05) is 17.1 Å². The molecular weight excluding hydrogens is 422 g/mol. The summed E-state index contributed by atoms with van der Waals surface area (Å²) < 4.78 is 0. The first-order valence-corrected chi connectivity index (χ1v) is 12.6. The fourth-order valence-corrected chi connectivity index (χ4v) is 5.67. The molecule has 0 atom stereocenters. The zero-order valence-corrected chi connectivity index (χ0v) is 21.2. The molecule has 0 spiro atoms. The molecule has 35 heavy (non-hydrogen) atoms. The minimum absolute atomic E-state index is 0.0653. The van der Waals surface area contributed by atoms with Gasteiger partial charge in [-0.15, -0.1) is 0 Å². The number of rotatable bonds is 2. The smallest absolute Gasteiger partial charge is 0.0780 e. The first-order chi connectivity index (χ1) is 16.8. The molecule has 1 nitrogen and oxygen atoms in total. The van der Waals surface area contributed by atoms with E-state index in [1.807, 2.05) is 6.20 Å². The van der Waals surface area contributed by atoms with Crippen LogP contribution in [0.5, 0.6) is 0 Å². The van der Waals surface area contributed by atoms with Crippen LogP contribution in [0.4, 0.5) is 0 Å². The number of nitrogens with zero attached hydrogens (tertiary/aromatic N) is 1. The summed E-state index contributed by atoms with van der Waals surface area (Å²) in [5.74, 6) is 0.426. The molecule has 0 aliphatic heterocycles. The van der Waals surface area contributed by atoms with E-state index in [9.17, 15) is 0 Å². The van der Waals surface area contributed by atoms with E-state index < -0.39 is 0 Å². The van der Waals surface area contributed by atoms with E-state index in [1.165, 1.54) is 59.8 Å². The van der Waals surface area contributed by atoms with Gasteiger partial charge in [-0.3, -0.25) is 4.98 Å². The van der Waals surface area contributed by atoms with Crippen molar-refractivity contribution in [3.63, 3.8) is 0 Å². The summed E-state index contributed by atoms with van der Waals surface area (Å²) in [7, 11) is 0. The summed E-state index contributed by atoms with van der Waals surface area (Å²) >= 11 is 0. The maximum atomic E-state index is 4.95. The number of fused-ring (bicyclic) bond motifs is 6. The Kier molecular flexibility index (Phi) is 4.93. The van der Waals surface area contributed by atoms with Gasteiger partial charge in [0.25, 0.3) is 0 Å². The maximum absolute atomic E-state index is 4.95. The average molecular weight is 454 g/mol. The molecule has 6 rings (SSSR count). The minimum atomic E-state index is 0.0653. The average Bonchev–Trinajstić information content (AvgIpc) is 2.86. The van der Waals surface area contributed by atoms with Crippen LogP contribution < -0.4 is 0 Å². The largest absolute Gasteiger partial charge is 0.256 e. The molecule has 0 radical (unpaired) electrons. The van der Waals surface area contributed by atoms with E-state index in [2.05, 4.69) is 120 Å². The molecular formula is C34H31N. The summed E-state index contributed by atoms with van der Waals surface area (Å²) in [6, 6.07) is 31.4. The molecule has 0 saturated heterocycles. The Labute approximate surface area is 207 Å². The third-order valence-corrected chi connectivity index (χ3v) is 7.40. The summed E-state index contributed by atoms with van der Waals surface area (Å²) in [4.78, 5) is 4.95. The van der Waals surface area contributed by atoms with Crippen molar-refractivity contribution in [3.8, 4) is 11.3 Å². The number of aromatic nitrogens is 1. The van der Waals surface area contributed by atoms with Gasteiger partial charge < -0.3 is 0 Å². The van der Waals surface area contributed by atoms with E-state index >= 15 is 0 Å². The lowest BCUT2D eigenvalue weighted by Crippen LogP contribution is -2.12. The molecule has 0 amide bonds. The number of hydrogen-bond donors (Lipinski definition) is 0. The monoisotopic (exact) mass is 453 g/mol. The van der Waals surface area contributed by atoms with Gasteiger partial charge in [0.2, 0.25) is 0 Å². The third-order valence-electron chi connectivity index (χ3n) is 7.40. The summed E-state index contributed by atoms with van der Waals surface area (Å²) in [5, 5.41) is 10.3. The van der Waals surface area contributed by atoms with Crippen molar-refractivity contribution in [1.82, 2.24) is 4.98 Å². The second-order valence-corrected chi connectivity index (χ2v) is 11.1. The molecule has 0 aliphatic rings. The Hall–Kier alpha value is -3.71. The van der Waals surface area contributed by atoms with Crippen molar-refractivity contribution in [2.45, 2.75) is 46.0 Å². The van der Waals surface area contributed by atoms with Crippen LogP contribution in [0.3, 0.4) is 0 Å². The van der Waals surface area contributed by atoms with Gasteiger partial charge in [0.15, 0.2) is 0 Å². The number of benzene rings is 5. The van der Waals surface area contributed by atoms with Crippen molar-refractivity contribution in [2.75, 3.05) is 0 Å². The Morgan fingerprint density at radius 1 is 0.600 bits per heavy atom. The topological polar surface area (TPSA) is 12.9 Å². The third kappa shape index (κ3) is 3.49. The second kappa shape index (κ2) is 7.92. The Morgan fingerprint density at radius 3 is 2.09 bits per heavy atom. The molecule has 0 bridgehead atoms. The van der Waals surface area contributed by atoms with Crippen LogP contribution in [0.25, 0.3) is 54.3 Å². The first-order valence-electron chi connectivity index (χ1n) is 12.6. The lowest BCUT2D eigenvalue weighted by Gasteiger charge is -2.24. The maximum Gasteiger partial charge on any atom is 0.0780 e. The molecule has 0 fully saturated rings. The quantitative estimate of drug-likeness (QED) is 0.238. The molecule has 172 valence electrons. The van der Waals surface area contributed by atoms with Gasteiger partial charge in [0.1, 0.15) is 0 Å². The van der Waals surface area contributed by atoms with Gasteiger partial charge in [-0.25, -0.2) is 0 Å². The highest BCUT2D eigenvalue weighted by Crippen LogP contribution is 2.40. The molecule has 0 aliphatic carbocycles. The Bertz CT molecular complexity index is 1750. The van der Waals surface area contributed by atoms with Gasteiger partial charge in [0.05, 0.1) is 5.69 Å². The van der Waals surface area contributed by atoms with Crippen molar-refractivity contribution in [3.05, 3.63) is 102 Å². The van der Waals surface area contributed by atoms with Crippen LogP contribution in [-0.2, 0) is 5.41 Å². The summed E-state index contributed by atoms with van der Waals surface area (Å²) in [6.45, 7) is 11.5. The molecule has 1 aromatic heterocycles. The molecule has 0 N–H and O–H groups in total. The lowest BCUT2D eigenvalue weighted by atomic mass is 9.81. The molecule has 6 aromatic rings. The SMILES string of the molecule is CC(C)c1cc(-c2nccc3c2ccc2c4ccccc4ccc32)cc2c(C(C)(C)C)cccc12. The molecule has 0 unspecified atom stereocenters. The Morgan fingerprint density at radius 2 is 1.29 bits per heavy atom. The Balaban J connectivity index is 1.68. The van der Waals surface area contributed by atoms with E-state index in [-0.39, 0.29) is 5.41 Å². The number of pyridine rings is 1. The fraction of sp³-hybridized carbons (Fsp3) is 0.206. The van der Waals surface area contributed by atoms with Crippen molar-refractivity contribution in [2.24, 2.45) is 0 Å². The van der Waals surface area contributed by atoms with Crippen LogP contribution in [0.2, 0.25) is 0 Å². The molecule has 5 aromatic carbocycles. The predicted molar refractivity (Wildman–Crippen MR) is 152 cm³/mol. The lowest BCUT2D eigenvalue weighted by molar-refractivity contribution is 0.596. The van der Waals surface area contributed by atoms with E-state index in [4.69, 9.17) is 4.98 Å². The van der Waals surface area contributed by atoms with Gasteiger partial charge >= 0.3 is 0 Å². The highest BCUT2D eigenvalue weighted by atomic mass is 14.7. The van der Waals surface area contributed by atoms with E-state index in [0.29, 0.717) is 5.92 Å². The minimum Gasteiger partial charge on any atom is -0.256 e. The fourth-order valence-electron chi connectivity index (χ4n) is 5.67. The zero-order valence-electron chi connectivity index (χ0n) is 21.2. The van der Waals surface area contributed by atoms with Crippen LogP contribution in [0.1, 0.15) is 51.7 Å². The van der Waals surface area contributed by atoms with Gasteiger partial charge in [-0.1, -0.05) is 101 Å². The van der Waals surface area contributed by atoms with Crippen LogP contribution in [-0.4, -0.2) is 4.98 Å². The molecule has 1 heterocycles. The van der Waals surface area contributed by atoms with Crippen LogP contribution in [0, 0.1) is 0 Å². The second-order valence-electron chi connectivity index (χ2n) is 11.1. The molecule has 0 saturated carbocycles. The summed E-state index contributed by atoms with van der Waals surface area (Å²) in [5.41, 5.74) is 5.09. The predicted octanol–water partition coefficient (Wildman–Crippen LogP) is 9.78. The zero-order chi connectivity index (χ0) is 24.3. The van der Waals surface area contributed by atoms with Crippen LogP contribution in [0.15, 0.2) is 91.1 Å². The normalized spacial score (nSPS) is 12.4. The van der Waals surface area contributed by atoms with Gasteiger partial charge in [-0.05, 0) is 78.4 Å². The first kappa shape index (κ1) is 21.8. The van der Waals surface area contributed by atoms with Gasteiger partial charge in [-0.2, -0.15) is 0 Å². The van der Waals surface area contributed by atoms with E-state index in [1.54, 1.807) is 0 Å². The summed E-state index contributed by atoms with van der Waals surface area (Å²) in [6.07, 6.45) is 1.97. The number of hydrogen-bond acceptors (Lipinski definition) is 1. The van der Waals surface area contributed by atoms with Crippen molar-refractivity contribution in [1.29, 1.82) is 0 Å². The van der Waals surface area contributed by atoms with Crippen LogP contribution >= 0.6 is 0 Å².